The maximum atomic E-state index is 12.6. The summed E-state index contributed by atoms with van der Waals surface area (Å²) in [5.41, 5.74) is 10.6. The van der Waals surface area contributed by atoms with Gasteiger partial charge in [0.2, 0.25) is 11.8 Å². The number of aryl methyl sites for hydroxylation is 1. The van der Waals surface area contributed by atoms with Crippen molar-refractivity contribution in [2.75, 3.05) is 13.2 Å². The number of aromatic nitrogens is 2. The van der Waals surface area contributed by atoms with E-state index in [1.807, 2.05) is 30.3 Å². The van der Waals surface area contributed by atoms with Crippen LogP contribution >= 0.6 is 0 Å². The van der Waals surface area contributed by atoms with E-state index >= 15 is 0 Å². The van der Waals surface area contributed by atoms with Crippen LogP contribution in [0.3, 0.4) is 0 Å². The molecule has 2 aliphatic rings. The van der Waals surface area contributed by atoms with Crippen LogP contribution in [0.25, 0.3) is 22.4 Å². The fourth-order valence-corrected chi connectivity index (χ4v) is 4.24. The molecule has 0 radical (unpaired) electrons. The van der Waals surface area contributed by atoms with Crippen LogP contribution in [0.15, 0.2) is 53.3 Å². The number of carbonyl (C=O) groups excluding carboxylic acids is 1. The van der Waals surface area contributed by atoms with Gasteiger partial charge < -0.3 is 15.2 Å². The largest absolute Gasteiger partial charge is 0.475 e. The highest BCUT2D eigenvalue weighted by Gasteiger charge is 2.21. The number of nitrogens with zero attached hydrogens (tertiary/aromatic N) is 2. The van der Waals surface area contributed by atoms with Gasteiger partial charge in [-0.05, 0) is 48.1 Å². The second kappa shape index (κ2) is 8.00. The molecule has 1 unspecified atom stereocenters. The first-order chi connectivity index (χ1) is 15.1. The van der Waals surface area contributed by atoms with Gasteiger partial charge in [-0.1, -0.05) is 30.3 Å². The predicted molar refractivity (Wildman–Crippen MR) is 116 cm³/mol. The minimum atomic E-state index is -0.440. The lowest BCUT2D eigenvalue weighted by molar-refractivity contribution is 0.0661. The average molecular weight is 417 g/mol. The Kier molecular flexibility index (Phi) is 5.03. The Morgan fingerprint density at radius 3 is 2.71 bits per heavy atom. The Labute approximate surface area is 179 Å². The van der Waals surface area contributed by atoms with Crippen molar-refractivity contribution in [1.82, 2.24) is 9.55 Å². The number of benzene rings is 2. The second-order valence-electron chi connectivity index (χ2n) is 7.92. The summed E-state index contributed by atoms with van der Waals surface area (Å²) < 4.78 is 13.1. The molecule has 1 fully saturated rings. The van der Waals surface area contributed by atoms with Crippen molar-refractivity contribution in [3.63, 3.8) is 0 Å². The van der Waals surface area contributed by atoms with Gasteiger partial charge in [-0.2, -0.15) is 4.98 Å². The zero-order chi connectivity index (χ0) is 21.4. The fourth-order valence-electron chi connectivity index (χ4n) is 4.24. The molecule has 5 rings (SSSR count). The van der Waals surface area contributed by atoms with Crippen molar-refractivity contribution in [1.29, 1.82) is 0 Å². The Morgan fingerprint density at radius 2 is 1.97 bits per heavy atom. The summed E-state index contributed by atoms with van der Waals surface area (Å²) in [7, 11) is 0. The summed E-state index contributed by atoms with van der Waals surface area (Å²) in [5, 5.41) is 0. The van der Waals surface area contributed by atoms with Crippen LogP contribution in [-0.4, -0.2) is 34.8 Å². The highest BCUT2D eigenvalue weighted by molar-refractivity contribution is 5.93. The van der Waals surface area contributed by atoms with E-state index < -0.39 is 5.91 Å². The molecule has 1 amide bonds. The highest BCUT2D eigenvalue weighted by atomic mass is 16.5. The number of fused-ring (bicyclic) bond motifs is 3. The Bertz CT molecular complexity index is 1190. The smallest absolute Gasteiger partial charge is 0.351 e. The highest BCUT2D eigenvalue weighted by Crippen LogP contribution is 2.33. The van der Waals surface area contributed by atoms with Crippen LogP contribution in [-0.2, 0) is 17.7 Å². The molecular formula is C24H23N3O4. The van der Waals surface area contributed by atoms with Crippen LogP contribution in [0, 0.1) is 0 Å². The molecule has 0 bridgehead atoms. The third kappa shape index (κ3) is 3.84. The molecule has 7 heteroatoms. The maximum absolute atomic E-state index is 12.6. The standard InChI is InChI=1S/C24H23N3O4/c25-23(28)16-5-3-15(4-6-16)17-7-8-20-18(12-17)9-10-27-21(20)13-22(26-24(27)29)31-14-19-2-1-11-30-19/h3-8,12-13,19H,1-2,9-11,14H2,(H2,25,28). The lowest BCUT2D eigenvalue weighted by Crippen LogP contribution is -2.29. The van der Waals surface area contributed by atoms with Crippen LogP contribution in [0.5, 0.6) is 5.88 Å². The molecule has 0 saturated carbocycles. The lowest BCUT2D eigenvalue weighted by Gasteiger charge is -2.22. The zero-order valence-corrected chi connectivity index (χ0v) is 17.0. The molecule has 158 valence electrons. The molecule has 2 aliphatic heterocycles. The molecule has 2 N–H and O–H groups in total. The summed E-state index contributed by atoms with van der Waals surface area (Å²) in [6.45, 7) is 1.74. The van der Waals surface area contributed by atoms with Crippen molar-refractivity contribution < 1.29 is 14.3 Å². The van der Waals surface area contributed by atoms with Gasteiger partial charge in [0.25, 0.3) is 0 Å². The predicted octanol–water partition coefficient (Wildman–Crippen LogP) is 2.79. The molecule has 0 spiro atoms. The lowest BCUT2D eigenvalue weighted by atomic mass is 9.93. The molecule has 1 saturated heterocycles. The van der Waals surface area contributed by atoms with Crippen molar-refractivity contribution in [2.45, 2.75) is 31.9 Å². The van der Waals surface area contributed by atoms with Crippen molar-refractivity contribution in [3.8, 4) is 28.3 Å². The van der Waals surface area contributed by atoms with Gasteiger partial charge in [0, 0.05) is 30.3 Å². The molecular weight excluding hydrogens is 394 g/mol. The van der Waals surface area contributed by atoms with E-state index in [1.54, 1.807) is 16.7 Å². The Balaban J connectivity index is 1.45. The normalized spacial score (nSPS) is 17.1. The van der Waals surface area contributed by atoms with Gasteiger partial charge >= 0.3 is 5.69 Å². The molecule has 0 aliphatic carbocycles. The SMILES string of the molecule is NC(=O)c1ccc(-c2ccc3c(c2)CCn2c-3cc(OCC3CCCO3)nc2=O)cc1. The number of nitrogens with two attached hydrogens (primary N) is 1. The van der Waals surface area contributed by atoms with E-state index in [2.05, 4.69) is 11.1 Å². The van der Waals surface area contributed by atoms with E-state index in [1.165, 1.54) is 0 Å². The molecule has 1 atom stereocenters. The van der Waals surface area contributed by atoms with Crippen molar-refractivity contribution in [2.24, 2.45) is 5.73 Å². The third-order valence-electron chi connectivity index (χ3n) is 5.92. The monoisotopic (exact) mass is 417 g/mol. The topological polar surface area (TPSA) is 96.4 Å². The fraction of sp³-hybridized carbons (Fsp3) is 0.292. The molecule has 31 heavy (non-hydrogen) atoms. The van der Waals surface area contributed by atoms with E-state index in [0.29, 0.717) is 24.6 Å². The van der Waals surface area contributed by atoms with Crippen LogP contribution < -0.4 is 16.2 Å². The van der Waals surface area contributed by atoms with Gasteiger partial charge in [0.1, 0.15) is 6.61 Å². The average Bonchev–Trinajstić information content (AvgIpc) is 3.31. The van der Waals surface area contributed by atoms with Gasteiger partial charge in [-0.15, -0.1) is 0 Å². The number of hydrogen-bond donors (Lipinski definition) is 1. The summed E-state index contributed by atoms with van der Waals surface area (Å²) in [6.07, 6.45) is 2.81. The van der Waals surface area contributed by atoms with Gasteiger partial charge in [-0.3, -0.25) is 9.36 Å². The minimum absolute atomic E-state index is 0.0661. The number of ether oxygens (including phenoxy) is 2. The summed E-state index contributed by atoms with van der Waals surface area (Å²) in [5.74, 6) is -0.101. The summed E-state index contributed by atoms with van der Waals surface area (Å²) in [6, 6.07) is 15.3. The number of rotatable bonds is 5. The first kappa shape index (κ1) is 19.5. The number of primary amides is 1. The van der Waals surface area contributed by atoms with Crippen molar-refractivity contribution in [3.05, 3.63) is 70.1 Å². The molecule has 3 heterocycles. The molecule has 2 aromatic carbocycles. The Hall–Kier alpha value is -3.45. The first-order valence-corrected chi connectivity index (χ1v) is 10.5. The molecule has 1 aromatic heterocycles. The quantitative estimate of drug-likeness (QED) is 0.689. The second-order valence-corrected chi connectivity index (χ2v) is 7.92. The Morgan fingerprint density at radius 1 is 1.16 bits per heavy atom. The van der Waals surface area contributed by atoms with Crippen LogP contribution in [0.1, 0.15) is 28.8 Å². The number of carbonyl (C=O) groups is 1. The third-order valence-corrected chi connectivity index (χ3v) is 5.92. The number of amides is 1. The van der Waals surface area contributed by atoms with E-state index in [9.17, 15) is 9.59 Å². The van der Waals surface area contributed by atoms with E-state index in [0.717, 1.165) is 53.8 Å². The number of hydrogen-bond acceptors (Lipinski definition) is 5. The zero-order valence-electron chi connectivity index (χ0n) is 17.0. The van der Waals surface area contributed by atoms with E-state index in [-0.39, 0.29) is 11.8 Å². The van der Waals surface area contributed by atoms with Crippen LogP contribution in [0.4, 0.5) is 0 Å². The summed E-state index contributed by atoms with van der Waals surface area (Å²) >= 11 is 0. The molecule has 7 nitrogen and oxygen atoms in total. The first-order valence-electron chi connectivity index (χ1n) is 10.5. The maximum Gasteiger partial charge on any atom is 0.351 e. The van der Waals surface area contributed by atoms with Gasteiger partial charge in [0.15, 0.2) is 0 Å². The van der Waals surface area contributed by atoms with Gasteiger partial charge in [-0.25, -0.2) is 4.79 Å². The van der Waals surface area contributed by atoms with E-state index in [4.69, 9.17) is 15.2 Å². The summed E-state index contributed by atoms with van der Waals surface area (Å²) in [4.78, 5) is 28.0. The minimum Gasteiger partial charge on any atom is -0.475 e. The van der Waals surface area contributed by atoms with Gasteiger partial charge in [0.05, 0.1) is 11.8 Å². The van der Waals surface area contributed by atoms with Crippen LogP contribution in [0.2, 0.25) is 0 Å². The molecule has 3 aromatic rings. The van der Waals surface area contributed by atoms with Crippen molar-refractivity contribution >= 4 is 5.91 Å².